The maximum atomic E-state index is 12.4. The Morgan fingerprint density at radius 1 is 1.40 bits per heavy atom. The summed E-state index contributed by atoms with van der Waals surface area (Å²) < 4.78 is 0. The van der Waals surface area contributed by atoms with Gasteiger partial charge in [-0.3, -0.25) is 9.78 Å². The van der Waals surface area contributed by atoms with Gasteiger partial charge in [0.25, 0.3) is 0 Å². The molecule has 0 aromatic carbocycles. The van der Waals surface area contributed by atoms with Gasteiger partial charge in [0.2, 0.25) is 5.91 Å². The van der Waals surface area contributed by atoms with Gasteiger partial charge in [-0.15, -0.1) is 0 Å². The lowest BCUT2D eigenvalue weighted by Crippen LogP contribution is -2.45. The van der Waals surface area contributed by atoms with Crippen molar-refractivity contribution in [3.63, 3.8) is 0 Å². The van der Waals surface area contributed by atoms with E-state index in [9.17, 15) is 4.79 Å². The summed E-state index contributed by atoms with van der Waals surface area (Å²) in [7, 11) is 4.00. The lowest BCUT2D eigenvalue weighted by molar-refractivity contribution is -0.133. The SMILES string of the molecule is CCC[C@@H](N)C(=O)N(CCN(C)C)Cc1cccnc1. The first-order valence-electron chi connectivity index (χ1n) is 7.12. The zero-order chi connectivity index (χ0) is 15.0. The van der Waals surface area contributed by atoms with Crippen molar-refractivity contribution in [3.8, 4) is 0 Å². The molecule has 0 saturated carbocycles. The molecule has 1 atom stereocenters. The van der Waals surface area contributed by atoms with E-state index in [0.29, 0.717) is 13.1 Å². The Balaban J connectivity index is 2.71. The van der Waals surface area contributed by atoms with Crippen molar-refractivity contribution >= 4 is 5.91 Å². The van der Waals surface area contributed by atoms with E-state index in [-0.39, 0.29) is 5.91 Å². The van der Waals surface area contributed by atoms with Crippen molar-refractivity contribution in [2.75, 3.05) is 27.2 Å². The Morgan fingerprint density at radius 2 is 2.15 bits per heavy atom. The van der Waals surface area contributed by atoms with Gasteiger partial charge in [0.05, 0.1) is 6.04 Å². The maximum Gasteiger partial charge on any atom is 0.239 e. The molecule has 1 amide bonds. The minimum atomic E-state index is -0.404. The molecule has 112 valence electrons. The molecular formula is C15H26N4O. The second-order valence-corrected chi connectivity index (χ2v) is 5.32. The van der Waals surface area contributed by atoms with Crippen LogP contribution in [0.2, 0.25) is 0 Å². The lowest BCUT2D eigenvalue weighted by Gasteiger charge is -2.27. The molecule has 0 aliphatic heterocycles. The number of nitrogens with zero attached hydrogens (tertiary/aromatic N) is 3. The number of nitrogens with two attached hydrogens (primary N) is 1. The lowest BCUT2D eigenvalue weighted by atomic mass is 10.1. The quantitative estimate of drug-likeness (QED) is 0.773. The highest BCUT2D eigenvalue weighted by Crippen LogP contribution is 2.07. The third-order valence-electron chi connectivity index (χ3n) is 3.14. The Kier molecular flexibility index (Phi) is 7.18. The Bertz CT molecular complexity index is 394. The number of hydrogen-bond acceptors (Lipinski definition) is 4. The summed E-state index contributed by atoms with van der Waals surface area (Å²) in [6.45, 7) is 4.11. The molecule has 0 saturated heterocycles. The van der Waals surface area contributed by atoms with Gasteiger partial charge in [0.15, 0.2) is 0 Å². The average Bonchev–Trinajstić information content (AvgIpc) is 2.44. The van der Waals surface area contributed by atoms with Crippen molar-refractivity contribution < 1.29 is 4.79 Å². The molecule has 1 aromatic rings. The first-order chi connectivity index (χ1) is 9.54. The Hall–Kier alpha value is -1.46. The standard InChI is InChI=1S/C15H26N4O/c1-4-6-14(16)15(20)19(10-9-18(2)3)12-13-7-5-8-17-11-13/h5,7-8,11,14H,4,6,9-10,12,16H2,1-3H3/t14-/m1/s1. The summed E-state index contributed by atoms with van der Waals surface area (Å²) in [5, 5.41) is 0. The van der Waals surface area contributed by atoms with Gasteiger partial charge in [0.1, 0.15) is 0 Å². The molecule has 1 heterocycles. The fourth-order valence-electron chi connectivity index (χ4n) is 1.97. The number of likely N-dealkylation sites (N-methyl/N-ethyl adjacent to an activating group) is 1. The first kappa shape index (κ1) is 16.6. The molecule has 0 unspecified atom stereocenters. The van der Waals surface area contributed by atoms with Crippen LogP contribution in [-0.4, -0.2) is 53.9 Å². The van der Waals surface area contributed by atoms with Gasteiger partial charge in [-0.25, -0.2) is 0 Å². The molecular weight excluding hydrogens is 252 g/mol. The van der Waals surface area contributed by atoms with Crippen LogP contribution < -0.4 is 5.73 Å². The van der Waals surface area contributed by atoms with Crippen LogP contribution in [0.25, 0.3) is 0 Å². The zero-order valence-corrected chi connectivity index (χ0v) is 12.7. The Morgan fingerprint density at radius 3 is 2.70 bits per heavy atom. The van der Waals surface area contributed by atoms with Crippen LogP contribution in [0, 0.1) is 0 Å². The predicted octanol–water partition coefficient (Wildman–Crippen LogP) is 1.10. The van der Waals surface area contributed by atoms with Gasteiger partial charge in [-0.05, 0) is 32.1 Å². The van der Waals surface area contributed by atoms with Crippen LogP contribution in [0.3, 0.4) is 0 Å². The van der Waals surface area contributed by atoms with E-state index in [0.717, 1.165) is 24.9 Å². The van der Waals surface area contributed by atoms with E-state index in [1.807, 2.05) is 38.1 Å². The summed E-state index contributed by atoms with van der Waals surface area (Å²) in [6.07, 6.45) is 5.17. The third kappa shape index (κ3) is 5.67. The fourth-order valence-corrected chi connectivity index (χ4v) is 1.97. The molecule has 0 aliphatic rings. The predicted molar refractivity (Wildman–Crippen MR) is 81.1 cm³/mol. The van der Waals surface area contributed by atoms with Crippen LogP contribution in [-0.2, 0) is 11.3 Å². The van der Waals surface area contributed by atoms with E-state index in [1.165, 1.54) is 0 Å². The van der Waals surface area contributed by atoms with E-state index in [4.69, 9.17) is 5.73 Å². The molecule has 0 aliphatic carbocycles. The molecule has 0 bridgehead atoms. The van der Waals surface area contributed by atoms with Gasteiger partial charge >= 0.3 is 0 Å². The van der Waals surface area contributed by atoms with E-state index < -0.39 is 6.04 Å². The minimum absolute atomic E-state index is 0.0255. The highest BCUT2D eigenvalue weighted by molar-refractivity contribution is 5.81. The van der Waals surface area contributed by atoms with E-state index >= 15 is 0 Å². The van der Waals surface area contributed by atoms with E-state index in [2.05, 4.69) is 9.88 Å². The topological polar surface area (TPSA) is 62.5 Å². The van der Waals surface area contributed by atoms with Crippen molar-refractivity contribution in [3.05, 3.63) is 30.1 Å². The zero-order valence-electron chi connectivity index (χ0n) is 12.7. The third-order valence-corrected chi connectivity index (χ3v) is 3.14. The molecule has 0 fully saturated rings. The second-order valence-electron chi connectivity index (χ2n) is 5.32. The molecule has 5 nitrogen and oxygen atoms in total. The van der Waals surface area contributed by atoms with Crippen molar-refractivity contribution in [2.45, 2.75) is 32.4 Å². The van der Waals surface area contributed by atoms with Crippen molar-refractivity contribution in [1.82, 2.24) is 14.8 Å². The number of hydrogen-bond donors (Lipinski definition) is 1. The normalized spacial score (nSPS) is 12.4. The smallest absolute Gasteiger partial charge is 0.239 e. The molecule has 1 rings (SSSR count). The van der Waals surface area contributed by atoms with Gasteiger partial charge in [-0.2, -0.15) is 0 Å². The number of aromatic nitrogens is 1. The molecule has 1 aromatic heterocycles. The largest absolute Gasteiger partial charge is 0.336 e. The number of carbonyl (C=O) groups is 1. The molecule has 2 N–H and O–H groups in total. The fraction of sp³-hybridized carbons (Fsp3) is 0.600. The van der Waals surface area contributed by atoms with Crippen LogP contribution in [0.1, 0.15) is 25.3 Å². The van der Waals surface area contributed by atoms with Gasteiger partial charge in [0, 0.05) is 32.0 Å². The summed E-state index contributed by atoms with van der Waals surface area (Å²) in [4.78, 5) is 20.4. The van der Waals surface area contributed by atoms with Gasteiger partial charge < -0.3 is 15.5 Å². The summed E-state index contributed by atoms with van der Waals surface area (Å²) in [5.74, 6) is 0.0255. The summed E-state index contributed by atoms with van der Waals surface area (Å²) in [6, 6.07) is 3.46. The minimum Gasteiger partial charge on any atom is -0.336 e. The highest BCUT2D eigenvalue weighted by Gasteiger charge is 2.20. The molecule has 0 spiro atoms. The molecule has 20 heavy (non-hydrogen) atoms. The average molecular weight is 278 g/mol. The molecule has 0 radical (unpaired) electrons. The highest BCUT2D eigenvalue weighted by atomic mass is 16.2. The van der Waals surface area contributed by atoms with E-state index in [1.54, 1.807) is 12.4 Å². The van der Waals surface area contributed by atoms with Crippen molar-refractivity contribution in [2.24, 2.45) is 5.73 Å². The second kappa shape index (κ2) is 8.66. The maximum absolute atomic E-state index is 12.4. The van der Waals surface area contributed by atoms with Crippen molar-refractivity contribution in [1.29, 1.82) is 0 Å². The van der Waals surface area contributed by atoms with Gasteiger partial charge in [-0.1, -0.05) is 19.4 Å². The number of rotatable bonds is 8. The summed E-state index contributed by atoms with van der Waals surface area (Å²) in [5.41, 5.74) is 7.00. The monoisotopic (exact) mass is 278 g/mol. The van der Waals surface area contributed by atoms with Crippen LogP contribution in [0.15, 0.2) is 24.5 Å². The number of pyridine rings is 1. The van der Waals surface area contributed by atoms with Crippen LogP contribution in [0.4, 0.5) is 0 Å². The number of carbonyl (C=O) groups excluding carboxylic acids is 1. The Labute approximate surface area is 121 Å². The number of amides is 1. The summed E-state index contributed by atoms with van der Waals surface area (Å²) >= 11 is 0. The molecule has 5 heteroatoms. The first-order valence-corrected chi connectivity index (χ1v) is 7.12. The van der Waals surface area contributed by atoms with Crippen LogP contribution >= 0.6 is 0 Å². The van der Waals surface area contributed by atoms with Crippen LogP contribution in [0.5, 0.6) is 0 Å².